The number of furan rings is 1. The molecule has 0 saturated carbocycles. The van der Waals surface area contributed by atoms with Crippen molar-refractivity contribution in [2.45, 2.75) is 13.8 Å². The van der Waals surface area contributed by atoms with Crippen LogP contribution in [-0.4, -0.2) is 18.7 Å². The molecular weight excluding hydrogens is 347 g/mol. The van der Waals surface area contributed by atoms with Gasteiger partial charge < -0.3 is 9.15 Å². The number of carbonyl (C=O) groups excluding carboxylic acids is 1. The lowest BCUT2D eigenvalue weighted by atomic mass is 10.1. The quantitative estimate of drug-likeness (QED) is 0.524. The molecule has 0 bridgehead atoms. The van der Waals surface area contributed by atoms with Gasteiger partial charge in [0.05, 0.1) is 6.21 Å². The molecule has 1 heterocycles. The lowest BCUT2D eigenvalue weighted by Gasteiger charge is -2.08. The summed E-state index contributed by atoms with van der Waals surface area (Å²) in [6, 6.07) is 15.2. The van der Waals surface area contributed by atoms with E-state index < -0.39 is 0 Å². The molecular formula is C21H19FN2O3. The summed E-state index contributed by atoms with van der Waals surface area (Å²) >= 11 is 0. The minimum atomic E-state index is -0.378. The Morgan fingerprint density at radius 1 is 1.15 bits per heavy atom. The average Bonchev–Trinajstić information content (AvgIpc) is 3.10. The van der Waals surface area contributed by atoms with E-state index in [1.54, 1.807) is 24.3 Å². The number of hydrazone groups is 1. The van der Waals surface area contributed by atoms with Crippen molar-refractivity contribution in [1.82, 2.24) is 5.43 Å². The monoisotopic (exact) mass is 366 g/mol. The van der Waals surface area contributed by atoms with Gasteiger partial charge in [-0.25, -0.2) is 9.82 Å². The van der Waals surface area contributed by atoms with Crippen molar-refractivity contribution >= 4 is 12.1 Å². The standard InChI is InChI=1S/C21H19FN2O3/c1-14-3-9-19(15(2)11-14)26-13-21(25)24-23-12-18-8-10-20(27-18)16-4-6-17(22)7-5-16/h3-12H,13H2,1-2H3,(H,24,25)/b23-12-. The smallest absolute Gasteiger partial charge is 0.277 e. The van der Waals surface area contributed by atoms with Crippen molar-refractivity contribution in [1.29, 1.82) is 0 Å². The molecule has 0 aliphatic rings. The van der Waals surface area contributed by atoms with E-state index in [1.807, 2.05) is 32.0 Å². The molecule has 0 radical (unpaired) electrons. The summed E-state index contributed by atoms with van der Waals surface area (Å²) in [5.41, 5.74) is 5.24. The molecule has 3 rings (SSSR count). The van der Waals surface area contributed by atoms with Gasteiger partial charge in [0.15, 0.2) is 6.61 Å². The molecule has 0 aliphatic heterocycles. The molecule has 1 aromatic heterocycles. The van der Waals surface area contributed by atoms with Gasteiger partial charge in [-0.15, -0.1) is 0 Å². The molecule has 3 aromatic rings. The van der Waals surface area contributed by atoms with Gasteiger partial charge in [-0.1, -0.05) is 17.7 Å². The number of carbonyl (C=O) groups is 1. The minimum Gasteiger partial charge on any atom is -0.483 e. The van der Waals surface area contributed by atoms with Gasteiger partial charge in [-0.05, 0) is 61.9 Å². The first-order chi connectivity index (χ1) is 13.0. The zero-order chi connectivity index (χ0) is 19.2. The number of aryl methyl sites for hydroxylation is 2. The summed E-state index contributed by atoms with van der Waals surface area (Å²) in [7, 11) is 0. The van der Waals surface area contributed by atoms with Gasteiger partial charge in [0.25, 0.3) is 5.91 Å². The van der Waals surface area contributed by atoms with Gasteiger partial charge in [-0.2, -0.15) is 5.10 Å². The second-order valence-electron chi connectivity index (χ2n) is 6.06. The van der Waals surface area contributed by atoms with Crippen LogP contribution in [0.5, 0.6) is 5.75 Å². The molecule has 5 nitrogen and oxygen atoms in total. The van der Waals surface area contributed by atoms with Crippen molar-refractivity contribution in [2.75, 3.05) is 6.61 Å². The van der Waals surface area contributed by atoms with E-state index in [1.165, 1.54) is 18.3 Å². The maximum atomic E-state index is 13.0. The maximum absolute atomic E-state index is 13.0. The summed E-state index contributed by atoms with van der Waals surface area (Å²) < 4.78 is 24.0. The van der Waals surface area contributed by atoms with E-state index in [2.05, 4.69) is 10.5 Å². The molecule has 0 unspecified atom stereocenters. The van der Waals surface area contributed by atoms with E-state index >= 15 is 0 Å². The van der Waals surface area contributed by atoms with Crippen molar-refractivity contribution in [3.05, 3.63) is 77.3 Å². The summed E-state index contributed by atoms with van der Waals surface area (Å²) in [6.07, 6.45) is 1.39. The molecule has 1 N–H and O–H groups in total. The van der Waals surface area contributed by atoms with Crippen LogP contribution >= 0.6 is 0 Å². The molecule has 2 aromatic carbocycles. The van der Waals surface area contributed by atoms with Gasteiger partial charge in [0.2, 0.25) is 0 Å². The summed E-state index contributed by atoms with van der Waals surface area (Å²) in [4.78, 5) is 11.8. The van der Waals surface area contributed by atoms with E-state index in [4.69, 9.17) is 9.15 Å². The molecule has 0 aliphatic carbocycles. The number of hydrogen-bond acceptors (Lipinski definition) is 4. The number of nitrogens with one attached hydrogen (secondary N) is 1. The topological polar surface area (TPSA) is 63.8 Å². The molecule has 138 valence electrons. The highest BCUT2D eigenvalue weighted by Crippen LogP contribution is 2.21. The molecule has 0 atom stereocenters. The molecule has 0 fully saturated rings. The van der Waals surface area contributed by atoms with E-state index in [0.29, 0.717) is 17.3 Å². The van der Waals surface area contributed by atoms with E-state index in [9.17, 15) is 9.18 Å². The third-order valence-corrected chi connectivity index (χ3v) is 3.83. The van der Waals surface area contributed by atoms with Gasteiger partial charge in [0.1, 0.15) is 23.1 Å². The number of benzene rings is 2. The molecule has 0 spiro atoms. The Bertz CT molecular complexity index is 962. The van der Waals surface area contributed by atoms with Crippen molar-refractivity contribution in [2.24, 2.45) is 5.10 Å². The van der Waals surface area contributed by atoms with Crippen molar-refractivity contribution < 1.29 is 18.3 Å². The normalized spacial score (nSPS) is 10.9. The van der Waals surface area contributed by atoms with Gasteiger partial charge in [-0.3, -0.25) is 4.79 Å². The second kappa shape index (κ2) is 8.31. The van der Waals surface area contributed by atoms with Crippen LogP contribution in [0.15, 0.2) is 64.1 Å². The first kappa shape index (κ1) is 18.4. The number of halogens is 1. The highest BCUT2D eigenvalue weighted by molar-refractivity contribution is 5.81. The highest BCUT2D eigenvalue weighted by Gasteiger charge is 2.06. The first-order valence-electron chi connectivity index (χ1n) is 8.39. The van der Waals surface area contributed by atoms with Gasteiger partial charge in [0, 0.05) is 5.56 Å². The Balaban J connectivity index is 1.51. The predicted octanol–water partition coefficient (Wildman–Crippen LogP) is 4.23. The lowest BCUT2D eigenvalue weighted by Crippen LogP contribution is -2.24. The fourth-order valence-electron chi connectivity index (χ4n) is 2.50. The molecule has 6 heteroatoms. The average molecular weight is 366 g/mol. The Hall–Kier alpha value is -3.41. The fourth-order valence-corrected chi connectivity index (χ4v) is 2.50. The van der Waals surface area contributed by atoms with Crippen LogP contribution in [-0.2, 0) is 4.79 Å². The van der Waals surface area contributed by atoms with Crippen LogP contribution < -0.4 is 10.2 Å². The lowest BCUT2D eigenvalue weighted by molar-refractivity contribution is -0.123. The van der Waals surface area contributed by atoms with Gasteiger partial charge >= 0.3 is 0 Å². The SMILES string of the molecule is Cc1ccc(OCC(=O)N/N=C\c2ccc(-c3ccc(F)cc3)o2)c(C)c1. The Morgan fingerprint density at radius 3 is 2.67 bits per heavy atom. The zero-order valence-corrected chi connectivity index (χ0v) is 15.0. The first-order valence-corrected chi connectivity index (χ1v) is 8.39. The second-order valence-corrected chi connectivity index (χ2v) is 6.06. The van der Waals surface area contributed by atoms with Crippen LogP contribution in [0.2, 0.25) is 0 Å². The Morgan fingerprint density at radius 2 is 1.93 bits per heavy atom. The van der Waals surface area contributed by atoms with E-state index in [0.717, 1.165) is 16.7 Å². The highest BCUT2D eigenvalue weighted by atomic mass is 19.1. The Kier molecular flexibility index (Phi) is 5.66. The largest absolute Gasteiger partial charge is 0.483 e. The Labute approximate surface area is 156 Å². The number of ether oxygens (including phenoxy) is 1. The zero-order valence-electron chi connectivity index (χ0n) is 15.0. The molecule has 27 heavy (non-hydrogen) atoms. The molecule has 1 amide bonds. The van der Waals surface area contributed by atoms with E-state index in [-0.39, 0.29) is 18.3 Å². The van der Waals surface area contributed by atoms with Crippen LogP contribution in [0.4, 0.5) is 4.39 Å². The summed E-state index contributed by atoms with van der Waals surface area (Å²) in [5, 5.41) is 3.85. The summed E-state index contributed by atoms with van der Waals surface area (Å²) in [5.74, 6) is 1.02. The van der Waals surface area contributed by atoms with Crippen LogP contribution in [0.3, 0.4) is 0 Å². The van der Waals surface area contributed by atoms with Crippen molar-refractivity contribution in [3.8, 4) is 17.1 Å². The number of rotatable bonds is 6. The van der Waals surface area contributed by atoms with Crippen molar-refractivity contribution in [3.63, 3.8) is 0 Å². The summed E-state index contributed by atoms with van der Waals surface area (Å²) in [6.45, 7) is 3.78. The van der Waals surface area contributed by atoms with Crippen LogP contribution in [0.1, 0.15) is 16.9 Å². The minimum absolute atomic E-state index is 0.139. The van der Waals surface area contributed by atoms with Crippen LogP contribution in [0, 0.1) is 19.7 Å². The number of nitrogens with zero attached hydrogens (tertiary/aromatic N) is 1. The third-order valence-electron chi connectivity index (χ3n) is 3.83. The molecule has 0 saturated heterocycles. The fraction of sp³-hybridized carbons (Fsp3) is 0.143. The maximum Gasteiger partial charge on any atom is 0.277 e. The third kappa shape index (κ3) is 5.04. The predicted molar refractivity (Wildman–Crippen MR) is 101 cm³/mol. The number of amides is 1. The number of hydrogen-bond donors (Lipinski definition) is 1. The van der Waals surface area contributed by atoms with Crippen LogP contribution in [0.25, 0.3) is 11.3 Å².